The van der Waals surface area contributed by atoms with Crippen molar-refractivity contribution >= 4 is 18.6 Å². The van der Waals surface area contributed by atoms with Crippen molar-refractivity contribution in [3.8, 4) is 0 Å². The highest BCUT2D eigenvalue weighted by Crippen LogP contribution is 2.22. The molecule has 1 aliphatic carbocycles. The van der Waals surface area contributed by atoms with Gasteiger partial charge in [0.05, 0.1) is 0 Å². The van der Waals surface area contributed by atoms with Crippen LogP contribution in [0.1, 0.15) is 19.3 Å². The molecule has 64 valence electrons. The number of hydrogen-bond acceptors (Lipinski definition) is 4. The molecule has 0 amide bonds. The molecule has 0 aromatic carbocycles. The number of nitrogens with two attached hydrogens (primary N) is 1. The first-order valence-corrected chi connectivity index (χ1v) is 4.44. The molecule has 11 heavy (non-hydrogen) atoms. The van der Waals surface area contributed by atoms with Crippen molar-refractivity contribution in [2.75, 3.05) is 5.75 Å². The Morgan fingerprint density at radius 2 is 2.36 bits per heavy atom. The van der Waals surface area contributed by atoms with E-state index in [1.165, 1.54) is 0 Å². The summed E-state index contributed by atoms with van der Waals surface area (Å²) in [5.74, 6) is 0.0376. The second kappa shape index (κ2) is 3.97. The first-order valence-electron chi connectivity index (χ1n) is 3.81. The van der Waals surface area contributed by atoms with E-state index >= 15 is 0 Å². The van der Waals surface area contributed by atoms with E-state index in [4.69, 9.17) is 10.5 Å². The van der Waals surface area contributed by atoms with Crippen molar-refractivity contribution in [1.82, 2.24) is 0 Å². The fraction of sp³-hybridized carbons (Fsp3) is 0.857. The molecule has 1 aliphatic rings. The predicted octanol–water partition coefficient (Wildman–Crippen LogP) is 0.339. The van der Waals surface area contributed by atoms with Crippen molar-refractivity contribution in [3.05, 3.63) is 0 Å². The molecule has 0 aromatic heterocycles. The van der Waals surface area contributed by atoms with Crippen LogP contribution < -0.4 is 5.73 Å². The lowest BCUT2D eigenvalue weighted by Crippen LogP contribution is -2.38. The second-order valence-corrected chi connectivity index (χ2v) is 3.14. The summed E-state index contributed by atoms with van der Waals surface area (Å²) in [6.07, 6.45) is 3.28. The highest BCUT2D eigenvalue weighted by molar-refractivity contribution is 7.80. The minimum absolute atomic E-state index is 0.133. The highest BCUT2D eigenvalue weighted by Gasteiger charge is 2.23. The molecule has 4 heteroatoms. The van der Waals surface area contributed by atoms with Crippen LogP contribution in [0.5, 0.6) is 0 Å². The van der Waals surface area contributed by atoms with Crippen LogP contribution in [0.3, 0.4) is 0 Å². The summed E-state index contributed by atoms with van der Waals surface area (Å²) in [4.78, 5) is 11.0. The van der Waals surface area contributed by atoms with E-state index in [1.807, 2.05) is 0 Å². The van der Waals surface area contributed by atoms with Gasteiger partial charge < -0.3 is 10.5 Å². The maximum atomic E-state index is 11.0. The molecule has 2 N–H and O–H groups in total. The first-order chi connectivity index (χ1) is 5.24. The van der Waals surface area contributed by atoms with Crippen molar-refractivity contribution in [1.29, 1.82) is 0 Å². The average Bonchev–Trinajstić information content (AvgIpc) is 1.94. The summed E-state index contributed by atoms with van der Waals surface area (Å²) in [7, 11) is 0. The average molecular weight is 175 g/mol. The first kappa shape index (κ1) is 8.87. The SMILES string of the molecule is N[C@@H](CS)C(=O)OC1CCC1. The third-order valence-electron chi connectivity index (χ3n) is 1.83. The molecule has 0 bridgehead atoms. The van der Waals surface area contributed by atoms with Gasteiger partial charge in [-0.15, -0.1) is 0 Å². The summed E-state index contributed by atoms with van der Waals surface area (Å²) in [5.41, 5.74) is 5.39. The van der Waals surface area contributed by atoms with Crippen LogP contribution >= 0.6 is 12.6 Å². The number of ether oxygens (including phenoxy) is 1. The molecule has 1 saturated carbocycles. The Labute approximate surface area is 71.7 Å². The zero-order chi connectivity index (χ0) is 8.27. The van der Waals surface area contributed by atoms with Crippen molar-refractivity contribution < 1.29 is 9.53 Å². The minimum Gasteiger partial charge on any atom is -0.461 e. The smallest absolute Gasteiger partial charge is 0.324 e. The van der Waals surface area contributed by atoms with E-state index in [1.54, 1.807) is 0 Å². The zero-order valence-corrected chi connectivity index (χ0v) is 7.22. The van der Waals surface area contributed by atoms with Crippen molar-refractivity contribution in [3.63, 3.8) is 0 Å². The molecule has 1 rings (SSSR count). The Balaban J connectivity index is 2.19. The van der Waals surface area contributed by atoms with Gasteiger partial charge in [0.15, 0.2) is 0 Å². The lowest BCUT2D eigenvalue weighted by Gasteiger charge is -2.26. The van der Waals surface area contributed by atoms with Crippen LogP contribution in [0.2, 0.25) is 0 Å². The number of esters is 1. The normalized spacial score (nSPS) is 20.5. The summed E-state index contributed by atoms with van der Waals surface area (Å²) in [6.45, 7) is 0. The van der Waals surface area contributed by atoms with Crippen LogP contribution in [0.4, 0.5) is 0 Å². The molecule has 0 spiro atoms. The molecular weight excluding hydrogens is 162 g/mol. The third-order valence-corrected chi connectivity index (χ3v) is 2.23. The maximum absolute atomic E-state index is 11.0. The van der Waals surface area contributed by atoms with Gasteiger partial charge in [-0.2, -0.15) is 12.6 Å². The van der Waals surface area contributed by atoms with Gasteiger partial charge >= 0.3 is 5.97 Å². The number of carbonyl (C=O) groups is 1. The Kier molecular flexibility index (Phi) is 3.20. The van der Waals surface area contributed by atoms with Gasteiger partial charge in [-0.3, -0.25) is 4.79 Å². The maximum Gasteiger partial charge on any atom is 0.324 e. The number of carbonyl (C=O) groups excluding carboxylic acids is 1. The van der Waals surface area contributed by atoms with Gasteiger partial charge in [0.1, 0.15) is 12.1 Å². The zero-order valence-electron chi connectivity index (χ0n) is 6.32. The van der Waals surface area contributed by atoms with Gasteiger partial charge in [-0.25, -0.2) is 0 Å². The molecular formula is C7H13NO2S. The van der Waals surface area contributed by atoms with E-state index in [9.17, 15) is 4.79 Å². The predicted molar refractivity (Wildman–Crippen MR) is 45.6 cm³/mol. The monoisotopic (exact) mass is 175 g/mol. The second-order valence-electron chi connectivity index (χ2n) is 2.78. The molecule has 3 nitrogen and oxygen atoms in total. The van der Waals surface area contributed by atoms with Gasteiger partial charge in [0, 0.05) is 5.75 Å². The molecule has 1 atom stereocenters. The highest BCUT2D eigenvalue weighted by atomic mass is 32.1. The molecule has 0 radical (unpaired) electrons. The summed E-state index contributed by atoms with van der Waals surface area (Å²) >= 11 is 3.90. The topological polar surface area (TPSA) is 52.3 Å². The van der Waals surface area contributed by atoms with E-state index in [0.717, 1.165) is 19.3 Å². The van der Waals surface area contributed by atoms with Crippen molar-refractivity contribution in [2.45, 2.75) is 31.4 Å². The van der Waals surface area contributed by atoms with E-state index < -0.39 is 6.04 Å². The lowest BCUT2D eigenvalue weighted by molar-refractivity contribution is -0.153. The summed E-state index contributed by atoms with van der Waals surface area (Å²) in [5, 5.41) is 0. The molecule has 0 unspecified atom stereocenters. The Bertz CT molecular complexity index is 147. The van der Waals surface area contributed by atoms with E-state index in [0.29, 0.717) is 5.75 Å². The number of hydrogen-bond donors (Lipinski definition) is 2. The number of rotatable bonds is 3. The van der Waals surface area contributed by atoms with Gasteiger partial charge in [0.25, 0.3) is 0 Å². The van der Waals surface area contributed by atoms with Crippen LogP contribution in [-0.4, -0.2) is 23.9 Å². The Morgan fingerprint density at radius 3 is 2.73 bits per heavy atom. The Hall–Kier alpha value is -0.220. The standard InChI is InChI=1S/C7H13NO2S/c8-6(4-11)7(9)10-5-2-1-3-5/h5-6,11H,1-4,8H2/t6-/m0/s1. The number of thiol groups is 1. The van der Waals surface area contributed by atoms with Crippen LogP contribution in [-0.2, 0) is 9.53 Å². The molecule has 0 aromatic rings. The van der Waals surface area contributed by atoms with E-state index in [2.05, 4.69) is 12.6 Å². The van der Waals surface area contributed by atoms with Crippen LogP contribution in [0.15, 0.2) is 0 Å². The summed E-state index contributed by atoms with van der Waals surface area (Å²) in [6, 6.07) is -0.557. The van der Waals surface area contributed by atoms with Crippen LogP contribution in [0, 0.1) is 0 Å². The molecule has 0 aliphatic heterocycles. The van der Waals surface area contributed by atoms with Gasteiger partial charge in [0.2, 0.25) is 0 Å². The largest absolute Gasteiger partial charge is 0.461 e. The van der Waals surface area contributed by atoms with Gasteiger partial charge in [-0.05, 0) is 19.3 Å². The van der Waals surface area contributed by atoms with Crippen molar-refractivity contribution in [2.24, 2.45) is 5.73 Å². The fourth-order valence-electron chi connectivity index (χ4n) is 0.815. The molecule has 0 saturated heterocycles. The third kappa shape index (κ3) is 2.38. The summed E-state index contributed by atoms with van der Waals surface area (Å²) < 4.78 is 5.03. The lowest BCUT2D eigenvalue weighted by atomic mass is 9.96. The van der Waals surface area contributed by atoms with Gasteiger partial charge in [-0.1, -0.05) is 0 Å². The quantitative estimate of drug-likeness (QED) is 0.480. The minimum atomic E-state index is -0.557. The fourth-order valence-corrected chi connectivity index (χ4v) is 0.964. The van der Waals surface area contributed by atoms with E-state index in [-0.39, 0.29) is 12.1 Å². The molecule has 1 fully saturated rings. The van der Waals surface area contributed by atoms with Crippen LogP contribution in [0.25, 0.3) is 0 Å². The Morgan fingerprint density at radius 1 is 1.73 bits per heavy atom. The molecule has 0 heterocycles.